The van der Waals surface area contributed by atoms with Crippen molar-refractivity contribution in [1.29, 1.82) is 0 Å². The number of likely N-dealkylation sites (tertiary alicyclic amines) is 1. The van der Waals surface area contributed by atoms with Gasteiger partial charge in [-0.15, -0.1) is 21.5 Å². The summed E-state index contributed by atoms with van der Waals surface area (Å²) in [4.78, 5) is 4.06. The van der Waals surface area contributed by atoms with Crippen LogP contribution in [0.5, 0.6) is 0 Å². The Balaban J connectivity index is 1.38. The van der Waals surface area contributed by atoms with Crippen molar-refractivity contribution in [2.24, 2.45) is 7.05 Å². The average molecular weight is 356 g/mol. The third-order valence-corrected chi connectivity index (χ3v) is 6.16. The van der Waals surface area contributed by atoms with Gasteiger partial charge in [0, 0.05) is 36.8 Å². The number of nitrogens with zero attached hydrogens (tertiary/aromatic N) is 6. The summed E-state index contributed by atoms with van der Waals surface area (Å²) in [5.41, 5.74) is 1.42. The second-order valence-electron chi connectivity index (χ2n) is 6.81. The van der Waals surface area contributed by atoms with Crippen molar-refractivity contribution in [2.75, 3.05) is 13.1 Å². The highest BCUT2D eigenvalue weighted by atomic mass is 32.1. The fourth-order valence-corrected chi connectivity index (χ4v) is 4.47. The largest absolute Gasteiger partial charge is 0.316 e. The summed E-state index contributed by atoms with van der Waals surface area (Å²) in [5.74, 6) is 2.59. The van der Waals surface area contributed by atoms with E-state index in [1.54, 1.807) is 6.20 Å². The molecule has 132 valence electrons. The number of aromatic nitrogens is 5. The zero-order chi connectivity index (χ0) is 17.2. The summed E-state index contributed by atoms with van der Waals surface area (Å²) in [6.45, 7) is 6.22. The van der Waals surface area contributed by atoms with E-state index in [2.05, 4.69) is 50.2 Å². The maximum atomic E-state index is 4.49. The van der Waals surface area contributed by atoms with Crippen LogP contribution in [0.1, 0.15) is 40.8 Å². The van der Waals surface area contributed by atoms with E-state index in [0.717, 1.165) is 44.1 Å². The molecule has 1 saturated heterocycles. The Kier molecular flexibility index (Phi) is 4.67. The quantitative estimate of drug-likeness (QED) is 0.705. The first-order valence-electron chi connectivity index (χ1n) is 8.81. The zero-order valence-electron chi connectivity index (χ0n) is 14.8. The van der Waals surface area contributed by atoms with Gasteiger partial charge in [-0.2, -0.15) is 5.10 Å². The van der Waals surface area contributed by atoms with E-state index < -0.39 is 0 Å². The van der Waals surface area contributed by atoms with E-state index in [0.29, 0.717) is 12.5 Å². The Bertz CT molecular complexity index is 811. The molecule has 0 aromatic carbocycles. The maximum absolute atomic E-state index is 4.49. The van der Waals surface area contributed by atoms with Crippen LogP contribution in [-0.2, 0) is 20.1 Å². The molecular weight excluding hydrogens is 332 g/mol. The van der Waals surface area contributed by atoms with Crippen LogP contribution in [0.4, 0.5) is 0 Å². The molecule has 4 heterocycles. The maximum Gasteiger partial charge on any atom is 0.154 e. The lowest BCUT2D eigenvalue weighted by Crippen LogP contribution is -2.33. The topological polar surface area (TPSA) is 51.8 Å². The third-order valence-electron chi connectivity index (χ3n) is 5.15. The van der Waals surface area contributed by atoms with Crippen molar-refractivity contribution in [1.82, 2.24) is 29.4 Å². The van der Waals surface area contributed by atoms with Crippen LogP contribution in [0.25, 0.3) is 0 Å². The Morgan fingerprint density at radius 2 is 2.04 bits per heavy atom. The number of hydrogen-bond acceptors (Lipinski definition) is 5. The summed E-state index contributed by atoms with van der Waals surface area (Å²) < 4.78 is 4.05. The van der Waals surface area contributed by atoms with Gasteiger partial charge < -0.3 is 4.57 Å². The predicted octanol–water partition coefficient (Wildman–Crippen LogP) is 2.81. The van der Waals surface area contributed by atoms with Crippen molar-refractivity contribution >= 4 is 11.3 Å². The Morgan fingerprint density at radius 3 is 2.72 bits per heavy atom. The normalized spacial score (nSPS) is 16.6. The molecule has 0 saturated carbocycles. The molecule has 3 aromatic rings. The Hall–Kier alpha value is -1.99. The van der Waals surface area contributed by atoms with Gasteiger partial charge in [0.05, 0.1) is 0 Å². The molecule has 0 unspecified atom stereocenters. The molecule has 1 fully saturated rings. The highest BCUT2D eigenvalue weighted by molar-refractivity contribution is 7.10. The van der Waals surface area contributed by atoms with Gasteiger partial charge in [-0.05, 0) is 55.9 Å². The highest BCUT2D eigenvalue weighted by Gasteiger charge is 2.25. The predicted molar refractivity (Wildman–Crippen MR) is 98.6 cm³/mol. The molecule has 3 aromatic heterocycles. The van der Waals surface area contributed by atoms with Gasteiger partial charge in [-0.25, -0.2) is 0 Å². The van der Waals surface area contributed by atoms with Crippen molar-refractivity contribution in [3.8, 4) is 0 Å². The van der Waals surface area contributed by atoms with E-state index >= 15 is 0 Å². The fraction of sp³-hybridized carbons (Fsp3) is 0.500. The molecule has 6 nitrogen and oxygen atoms in total. The molecule has 0 radical (unpaired) electrons. The van der Waals surface area contributed by atoms with Crippen LogP contribution in [0, 0.1) is 6.92 Å². The fourth-order valence-electron chi connectivity index (χ4n) is 3.53. The number of thiophene rings is 1. The molecule has 0 aliphatic carbocycles. The molecule has 25 heavy (non-hydrogen) atoms. The van der Waals surface area contributed by atoms with Crippen molar-refractivity contribution in [3.05, 3.63) is 52.0 Å². The van der Waals surface area contributed by atoms with Gasteiger partial charge in [0.15, 0.2) is 5.82 Å². The van der Waals surface area contributed by atoms with Crippen molar-refractivity contribution in [2.45, 2.75) is 38.8 Å². The molecule has 1 aliphatic rings. The van der Waals surface area contributed by atoms with E-state index in [1.807, 2.05) is 28.3 Å². The first-order valence-corrected chi connectivity index (χ1v) is 9.69. The van der Waals surface area contributed by atoms with Crippen LogP contribution in [-0.4, -0.2) is 42.5 Å². The number of rotatable bonds is 5. The van der Waals surface area contributed by atoms with E-state index in [1.165, 1.54) is 10.4 Å². The summed E-state index contributed by atoms with van der Waals surface area (Å²) in [6, 6.07) is 4.15. The first kappa shape index (κ1) is 16.5. The number of piperidine rings is 1. The molecule has 0 bridgehead atoms. The van der Waals surface area contributed by atoms with E-state index in [4.69, 9.17) is 0 Å². The minimum atomic E-state index is 0.504. The zero-order valence-corrected chi connectivity index (χ0v) is 15.6. The van der Waals surface area contributed by atoms with Crippen LogP contribution < -0.4 is 0 Å². The lowest BCUT2D eigenvalue weighted by atomic mass is 9.96. The van der Waals surface area contributed by atoms with Crippen molar-refractivity contribution < 1.29 is 0 Å². The lowest BCUT2D eigenvalue weighted by Gasteiger charge is -2.31. The summed E-state index contributed by atoms with van der Waals surface area (Å²) in [6.07, 6.45) is 6.05. The molecule has 0 N–H and O–H groups in total. The second kappa shape index (κ2) is 7.09. The van der Waals surface area contributed by atoms with Gasteiger partial charge in [0.2, 0.25) is 0 Å². The van der Waals surface area contributed by atoms with Crippen LogP contribution in [0.3, 0.4) is 0 Å². The summed E-state index contributed by atoms with van der Waals surface area (Å²) in [7, 11) is 2.08. The van der Waals surface area contributed by atoms with Gasteiger partial charge >= 0.3 is 0 Å². The minimum absolute atomic E-state index is 0.504. The molecule has 0 amide bonds. The third kappa shape index (κ3) is 3.52. The Labute approximate surface area is 152 Å². The van der Waals surface area contributed by atoms with Gasteiger partial charge in [0.25, 0.3) is 0 Å². The molecule has 4 rings (SSSR count). The summed E-state index contributed by atoms with van der Waals surface area (Å²) >= 11 is 1.87. The van der Waals surface area contributed by atoms with Crippen LogP contribution in [0.2, 0.25) is 0 Å². The lowest BCUT2D eigenvalue weighted by molar-refractivity contribution is 0.201. The first-order chi connectivity index (χ1) is 12.2. The SMILES string of the molecule is Cc1ccsc1CN1CCC(c2nnc(Cn3cccn3)n2C)CC1. The minimum Gasteiger partial charge on any atom is -0.316 e. The molecule has 0 spiro atoms. The van der Waals surface area contributed by atoms with Crippen LogP contribution in [0.15, 0.2) is 29.9 Å². The van der Waals surface area contributed by atoms with Crippen LogP contribution >= 0.6 is 11.3 Å². The monoisotopic (exact) mass is 356 g/mol. The molecular formula is C18H24N6S. The van der Waals surface area contributed by atoms with Gasteiger partial charge in [-0.3, -0.25) is 9.58 Å². The van der Waals surface area contributed by atoms with E-state index in [9.17, 15) is 0 Å². The molecule has 0 atom stereocenters. The van der Waals surface area contributed by atoms with Gasteiger partial charge in [0.1, 0.15) is 12.4 Å². The molecule has 1 aliphatic heterocycles. The van der Waals surface area contributed by atoms with Crippen molar-refractivity contribution in [3.63, 3.8) is 0 Å². The highest BCUT2D eigenvalue weighted by Crippen LogP contribution is 2.28. The average Bonchev–Trinajstić information content (AvgIpc) is 3.34. The second-order valence-corrected chi connectivity index (χ2v) is 7.81. The number of hydrogen-bond donors (Lipinski definition) is 0. The summed E-state index contributed by atoms with van der Waals surface area (Å²) in [5, 5.41) is 15.3. The van der Waals surface area contributed by atoms with E-state index in [-0.39, 0.29) is 0 Å². The standard InChI is InChI=1S/C18H24N6S/c1-14-6-11-25-16(14)12-23-9-4-15(5-10-23)18-21-20-17(22(18)2)13-24-8-3-7-19-24/h3,6-8,11,15H,4-5,9-10,12-13H2,1-2H3. The Morgan fingerprint density at radius 1 is 1.20 bits per heavy atom. The molecule has 7 heteroatoms. The smallest absolute Gasteiger partial charge is 0.154 e. The number of aryl methyl sites for hydroxylation is 1. The van der Waals surface area contributed by atoms with Gasteiger partial charge in [-0.1, -0.05) is 0 Å².